The van der Waals surface area contributed by atoms with Crippen LogP contribution in [0.25, 0.3) is 0 Å². The second kappa shape index (κ2) is 12.3. The molecule has 0 amide bonds. The van der Waals surface area contributed by atoms with Crippen molar-refractivity contribution in [2.24, 2.45) is 0 Å². The highest BCUT2D eigenvalue weighted by molar-refractivity contribution is 4.64. The highest BCUT2D eigenvalue weighted by Gasteiger charge is 2.15. The van der Waals surface area contributed by atoms with E-state index in [1.807, 2.05) is 0 Å². The van der Waals surface area contributed by atoms with Crippen molar-refractivity contribution in [3.8, 4) is 0 Å². The molecule has 0 spiro atoms. The molecule has 0 saturated heterocycles. The van der Waals surface area contributed by atoms with Gasteiger partial charge in [-0.05, 0) is 38.5 Å². The van der Waals surface area contributed by atoms with E-state index in [4.69, 9.17) is 4.74 Å². The Labute approximate surface area is 105 Å². The standard InChI is InChI=1S/C14H28F2O/c1-3-7-13(9-5-11-15)17-14(8-4-2)10-6-12-16/h13-14H,3-12H2,1-2H3. The van der Waals surface area contributed by atoms with Crippen LogP contribution in [0.5, 0.6) is 0 Å². The summed E-state index contributed by atoms with van der Waals surface area (Å²) >= 11 is 0. The van der Waals surface area contributed by atoms with Gasteiger partial charge in [-0.3, -0.25) is 8.78 Å². The lowest BCUT2D eigenvalue weighted by molar-refractivity contribution is -0.0315. The number of halogens is 2. The fourth-order valence-corrected chi connectivity index (χ4v) is 2.09. The lowest BCUT2D eigenvalue weighted by atomic mass is 10.1. The fraction of sp³-hybridized carbons (Fsp3) is 1.00. The Hall–Kier alpha value is -0.180. The van der Waals surface area contributed by atoms with Crippen LogP contribution < -0.4 is 0 Å². The third-order valence-corrected chi connectivity index (χ3v) is 2.93. The third-order valence-electron chi connectivity index (χ3n) is 2.93. The van der Waals surface area contributed by atoms with E-state index in [9.17, 15) is 8.78 Å². The Morgan fingerprint density at radius 1 is 0.765 bits per heavy atom. The van der Waals surface area contributed by atoms with Crippen LogP contribution in [0.4, 0.5) is 8.78 Å². The topological polar surface area (TPSA) is 9.23 Å². The van der Waals surface area contributed by atoms with Crippen LogP contribution in [-0.2, 0) is 4.74 Å². The van der Waals surface area contributed by atoms with Gasteiger partial charge in [-0.15, -0.1) is 0 Å². The predicted octanol–water partition coefficient (Wildman–Crippen LogP) is 4.84. The molecular formula is C14H28F2O. The molecule has 0 aromatic heterocycles. The van der Waals surface area contributed by atoms with Crippen LogP contribution in [0.1, 0.15) is 65.2 Å². The van der Waals surface area contributed by atoms with E-state index in [1.54, 1.807) is 0 Å². The van der Waals surface area contributed by atoms with Crippen molar-refractivity contribution in [1.82, 2.24) is 0 Å². The molecule has 0 aliphatic carbocycles. The van der Waals surface area contributed by atoms with E-state index in [-0.39, 0.29) is 25.6 Å². The van der Waals surface area contributed by atoms with Crippen LogP contribution in [-0.4, -0.2) is 25.6 Å². The molecule has 0 radical (unpaired) electrons. The maximum atomic E-state index is 12.2. The van der Waals surface area contributed by atoms with Gasteiger partial charge in [-0.2, -0.15) is 0 Å². The Morgan fingerprint density at radius 2 is 1.18 bits per heavy atom. The summed E-state index contributed by atoms with van der Waals surface area (Å²) in [5, 5.41) is 0. The molecular weight excluding hydrogens is 222 g/mol. The molecule has 3 heteroatoms. The molecule has 0 fully saturated rings. The molecule has 2 unspecified atom stereocenters. The van der Waals surface area contributed by atoms with Gasteiger partial charge in [-0.1, -0.05) is 26.7 Å². The highest BCUT2D eigenvalue weighted by atomic mass is 19.1. The first kappa shape index (κ1) is 16.8. The zero-order valence-corrected chi connectivity index (χ0v) is 11.4. The summed E-state index contributed by atoms with van der Waals surface area (Å²) in [6.45, 7) is 3.68. The number of rotatable bonds is 12. The molecule has 2 atom stereocenters. The van der Waals surface area contributed by atoms with Crippen molar-refractivity contribution in [2.75, 3.05) is 13.3 Å². The van der Waals surface area contributed by atoms with Gasteiger partial charge in [0, 0.05) is 0 Å². The second-order valence-electron chi connectivity index (χ2n) is 4.62. The summed E-state index contributed by atoms with van der Waals surface area (Å²) in [4.78, 5) is 0. The molecule has 1 nitrogen and oxygen atoms in total. The number of ether oxygens (including phenoxy) is 1. The average Bonchev–Trinajstić information content (AvgIpc) is 2.33. The van der Waals surface area contributed by atoms with Gasteiger partial charge in [0.25, 0.3) is 0 Å². The smallest absolute Gasteiger partial charge is 0.0895 e. The van der Waals surface area contributed by atoms with Crippen molar-refractivity contribution in [1.29, 1.82) is 0 Å². The van der Waals surface area contributed by atoms with Gasteiger partial charge in [-0.25, -0.2) is 0 Å². The quantitative estimate of drug-likeness (QED) is 0.481. The summed E-state index contributed by atoms with van der Waals surface area (Å²) in [5.74, 6) is 0. The summed E-state index contributed by atoms with van der Waals surface area (Å²) in [5.41, 5.74) is 0. The largest absolute Gasteiger partial charge is 0.375 e. The molecule has 17 heavy (non-hydrogen) atoms. The summed E-state index contributed by atoms with van der Waals surface area (Å²) in [6.07, 6.45) is 7.13. The van der Waals surface area contributed by atoms with Crippen LogP contribution >= 0.6 is 0 Å². The minimum absolute atomic E-state index is 0.159. The lowest BCUT2D eigenvalue weighted by Crippen LogP contribution is -2.22. The van der Waals surface area contributed by atoms with E-state index in [0.29, 0.717) is 12.8 Å². The molecule has 0 aliphatic rings. The lowest BCUT2D eigenvalue weighted by Gasteiger charge is -2.24. The van der Waals surface area contributed by atoms with Crippen molar-refractivity contribution in [2.45, 2.75) is 77.4 Å². The van der Waals surface area contributed by atoms with Gasteiger partial charge in [0.1, 0.15) is 0 Å². The highest BCUT2D eigenvalue weighted by Crippen LogP contribution is 2.18. The van der Waals surface area contributed by atoms with Gasteiger partial charge in [0.05, 0.1) is 25.6 Å². The van der Waals surface area contributed by atoms with Crippen LogP contribution in [0.3, 0.4) is 0 Å². The Kier molecular flexibility index (Phi) is 12.2. The fourth-order valence-electron chi connectivity index (χ4n) is 2.09. The van der Waals surface area contributed by atoms with E-state index >= 15 is 0 Å². The Morgan fingerprint density at radius 3 is 1.47 bits per heavy atom. The van der Waals surface area contributed by atoms with Crippen LogP contribution in [0, 0.1) is 0 Å². The minimum Gasteiger partial charge on any atom is -0.375 e. The van der Waals surface area contributed by atoms with Gasteiger partial charge >= 0.3 is 0 Å². The molecule has 0 heterocycles. The maximum absolute atomic E-state index is 12.2. The van der Waals surface area contributed by atoms with E-state index in [2.05, 4.69) is 13.8 Å². The first-order valence-electron chi connectivity index (χ1n) is 7.05. The predicted molar refractivity (Wildman–Crippen MR) is 68.9 cm³/mol. The molecule has 0 aromatic rings. The van der Waals surface area contributed by atoms with Crippen molar-refractivity contribution in [3.05, 3.63) is 0 Å². The maximum Gasteiger partial charge on any atom is 0.0895 e. The number of hydrogen-bond donors (Lipinski definition) is 0. The zero-order valence-electron chi connectivity index (χ0n) is 11.4. The second-order valence-corrected chi connectivity index (χ2v) is 4.62. The van der Waals surface area contributed by atoms with Crippen LogP contribution in [0.15, 0.2) is 0 Å². The zero-order chi connectivity index (χ0) is 12.9. The molecule has 0 bridgehead atoms. The molecule has 0 rings (SSSR count). The SMILES string of the molecule is CCCC(CCCF)OC(CCC)CCCF. The molecule has 0 N–H and O–H groups in total. The van der Waals surface area contributed by atoms with Crippen molar-refractivity contribution >= 4 is 0 Å². The van der Waals surface area contributed by atoms with Crippen molar-refractivity contribution in [3.63, 3.8) is 0 Å². The monoisotopic (exact) mass is 250 g/mol. The van der Waals surface area contributed by atoms with Gasteiger partial charge in [0.15, 0.2) is 0 Å². The molecule has 0 aromatic carbocycles. The summed E-state index contributed by atoms with van der Waals surface area (Å²) < 4.78 is 30.4. The normalized spacial score (nSPS) is 14.8. The Balaban J connectivity index is 4.02. The van der Waals surface area contributed by atoms with Crippen molar-refractivity contribution < 1.29 is 13.5 Å². The average molecular weight is 250 g/mol. The Bertz CT molecular complexity index is 137. The third kappa shape index (κ3) is 9.51. The minimum atomic E-state index is -0.271. The molecule has 0 aliphatic heterocycles. The van der Waals surface area contributed by atoms with Gasteiger partial charge in [0.2, 0.25) is 0 Å². The molecule has 104 valence electrons. The first-order chi connectivity index (χ1) is 8.28. The number of alkyl halides is 2. The summed E-state index contributed by atoms with van der Waals surface area (Å²) in [7, 11) is 0. The molecule has 0 saturated carbocycles. The first-order valence-corrected chi connectivity index (χ1v) is 7.05. The van der Waals surface area contributed by atoms with Crippen LogP contribution in [0.2, 0.25) is 0 Å². The summed E-state index contributed by atoms with van der Waals surface area (Å²) in [6, 6.07) is 0. The van der Waals surface area contributed by atoms with E-state index in [1.165, 1.54) is 0 Å². The van der Waals surface area contributed by atoms with Gasteiger partial charge < -0.3 is 4.74 Å². The number of hydrogen-bond acceptors (Lipinski definition) is 1. The van der Waals surface area contributed by atoms with E-state index in [0.717, 1.165) is 38.5 Å². The van der Waals surface area contributed by atoms with E-state index < -0.39 is 0 Å².